The average molecular weight is 227 g/mol. The largest absolute Gasteiger partial charge is 0.481 e. The third-order valence-electron chi connectivity index (χ3n) is 3.96. The summed E-state index contributed by atoms with van der Waals surface area (Å²) in [5.41, 5.74) is 0.0489. The minimum atomic E-state index is -0.663. The molecule has 1 fully saturated rings. The van der Waals surface area contributed by atoms with Crippen LogP contribution in [0.2, 0.25) is 0 Å². The molecule has 1 aliphatic heterocycles. The highest BCUT2D eigenvalue weighted by Gasteiger charge is 2.41. The molecule has 0 saturated carbocycles. The molecule has 16 heavy (non-hydrogen) atoms. The van der Waals surface area contributed by atoms with Gasteiger partial charge in [0.2, 0.25) is 0 Å². The number of hydrogen-bond donors (Lipinski definition) is 1. The predicted molar refractivity (Wildman–Crippen MR) is 65.5 cm³/mol. The maximum absolute atomic E-state index is 10.8. The van der Waals surface area contributed by atoms with Gasteiger partial charge in [-0.15, -0.1) is 0 Å². The Bertz CT molecular complexity index is 248. The lowest BCUT2D eigenvalue weighted by Crippen LogP contribution is -2.43. The van der Waals surface area contributed by atoms with Crippen LogP contribution in [0.3, 0.4) is 0 Å². The van der Waals surface area contributed by atoms with Crippen LogP contribution in [-0.2, 0) is 4.79 Å². The van der Waals surface area contributed by atoms with Crippen LogP contribution in [0.25, 0.3) is 0 Å². The molecule has 1 N–H and O–H groups in total. The maximum atomic E-state index is 10.8. The van der Waals surface area contributed by atoms with Crippen molar-refractivity contribution in [1.82, 2.24) is 4.90 Å². The summed E-state index contributed by atoms with van der Waals surface area (Å²) in [6.07, 6.45) is 2.53. The molecule has 1 atom stereocenters. The van der Waals surface area contributed by atoms with E-state index in [9.17, 15) is 4.79 Å². The Morgan fingerprint density at radius 2 is 2.12 bits per heavy atom. The summed E-state index contributed by atoms with van der Waals surface area (Å²) >= 11 is 0. The fourth-order valence-corrected chi connectivity index (χ4v) is 2.59. The Morgan fingerprint density at radius 3 is 2.62 bits per heavy atom. The van der Waals surface area contributed by atoms with E-state index in [0.29, 0.717) is 18.3 Å². The third-order valence-corrected chi connectivity index (χ3v) is 3.96. The first-order valence-electron chi connectivity index (χ1n) is 6.31. The van der Waals surface area contributed by atoms with E-state index in [1.807, 2.05) is 0 Å². The van der Waals surface area contributed by atoms with Crippen molar-refractivity contribution in [2.45, 2.75) is 52.5 Å². The minimum absolute atomic E-state index is 0.0489. The molecule has 0 radical (unpaired) electrons. The number of hydrogen-bond acceptors (Lipinski definition) is 2. The third kappa shape index (κ3) is 3.21. The zero-order chi connectivity index (χ0) is 12.3. The summed E-state index contributed by atoms with van der Waals surface area (Å²) in [7, 11) is 0. The van der Waals surface area contributed by atoms with Crippen LogP contribution < -0.4 is 0 Å². The number of carboxylic acid groups (broad SMARTS) is 1. The van der Waals surface area contributed by atoms with Crippen molar-refractivity contribution in [1.29, 1.82) is 0 Å². The van der Waals surface area contributed by atoms with Crippen LogP contribution in [0.15, 0.2) is 0 Å². The Hall–Kier alpha value is -0.570. The second-order valence-electron chi connectivity index (χ2n) is 5.91. The van der Waals surface area contributed by atoms with E-state index < -0.39 is 5.97 Å². The molecule has 0 aromatic rings. The minimum Gasteiger partial charge on any atom is -0.481 e. The van der Waals surface area contributed by atoms with Gasteiger partial charge < -0.3 is 5.11 Å². The molecule has 0 aromatic heterocycles. The van der Waals surface area contributed by atoms with Crippen LogP contribution >= 0.6 is 0 Å². The molecule has 0 bridgehead atoms. The summed E-state index contributed by atoms with van der Waals surface area (Å²) in [5, 5.41) is 8.89. The molecule has 1 aliphatic rings. The maximum Gasteiger partial charge on any atom is 0.303 e. The average Bonchev–Trinajstić information content (AvgIpc) is 2.39. The van der Waals surface area contributed by atoms with Gasteiger partial charge in [0.1, 0.15) is 0 Å². The van der Waals surface area contributed by atoms with Crippen LogP contribution in [0.4, 0.5) is 0 Å². The van der Waals surface area contributed by atoms with Crippen molar-refractivity contribution in [2.75, 3.05) is 13.1 Å². The molecule has 1 saturated heterocycles. The lowest BCUT2D eigenvalue weighted by Gasteiger charge is -2.36. The number of rotatable bonds is 5. The first-order valence-corrected chi connectivity index (χ1v) is 6.31. The molecule has 3 nitrogen and oxygen atoms in total. The number of carbonyl (C=O) groups is 1. The van der Waals surface area contributed by atoms with E-state index in [1.165, 1.54) is 6.42 Å². The highest BCUT2D eigenvalue weighted by molar-refractivity contribution is 5.67. The molecule has 1 unspecified atom stereocenters. The summed E-state index contributed by atoms with van der Waals surface area (Å²) in [4.78, 5) is 13.3. The smallest absolute Gasteiger partial charge is 0.303 e. The van der Waals surface area contributed by atoms with Gasteiger partial charge >= 0.3 is 5.97 Å². The van der Waals surface area contributed by atoms with Gasteiger partial charge in [-0.25, -0.2) is 0 Å². The van der Waals surface area contributed by atoms with Gasteiger partial charge in [-0.2, -0.15) is 0 Å². The van der Waals surface area contributed by atoms with E-state index >= 15 is 0 Å². The van der Waals surface area contributed by atoms with Crippen molar-refractivity contribution in [2.24, 2.45) is 11.8 Å². The standard InChI is InChI=1S/C13H25NO2/c1-10(2)5-7-14-8-6-11(9-12(15)16)13(14,3)4/h10-11H,5-9H2,1-4H3,(H,15,16). The topological polar surface area (TPSA) is 40.5 Å². The second-order valence-corrected chi connectivity index (χ2v) is 5.91. The van der Waals surface area contributed by atoms with Crippen LogP contribution in [0, 0.1) is 11.8 Å². The summed E-state index contributed by atoms with van der Waals surface area (Å²) in [6.45, 7) is 11.0. The molecular formula is C13H25NO2. The quantitative estimate of drug-likeness (QED) is 0.785. The molecule has 94 valence electrons. The van der Waals surface area contributed by atoms with Crippen molar-refractivity contribution in [3.8, 4) is 0 Å². The van der Waals surface area contributed by atoms with Gasteiger partial charge in [0, 0.05) is 12.0 Å². The lowest BCUT2D eigenvalue weighted by molar-refractivity contribution is -0.138. The molecule has 0 aromatic carbocycles. The first-order chi connectivity index (χ1) is 7.34. The number of nitrogens with zero attached hydrogens (tertiary/aromatic N) is 1. The Kier molecular flexibility index (Phi) is 4.36. The van der Waals surface area contributed by atoms with Crippen LogP contribution in [0.5, 0.6) is 0 Å². The summed E-state index contributed by atoms with van der Waals surface area (Å²) in [5.74, 6) is 0.357. The first kappa shape index (κ1) is 13.5. The van der Waals surface area contributed by atoms with Gasteiger partial charge in [-0.3, -0.25) is 9.69 Å². The van der Waals surface area contributed by atoms with Crippen molar-refractivity contribution in [3.63, 3.8) is 0 Å². The van der Waals surface area contributed by atoms with Crippen molar-refractivity contribution in [3.05, 3.63) is 0 Å². The predicted octanol–water partition coefficient (Wildman–Crippen LogP) is 2.61. The fourth-order valence-electron chi connectivity index (χ4n) is 2.59. The van der Waals surface area contributed by atoms with Gasteiger partial charge in [0.15, 0.2) is 0 Å². The number of likely N-dealkylation sites (tertiary alicyclic amines) is 1. The number of aliphatic carboxylic acids is 1. The second kappa shape index (κ2) is 5.17. The molecule has 1 rings (SSSR count). The Labute approximate surface area is 98.8 Å². The number of carboxylic acids is 1. The Morgan fingerprint density at radius 1 is 1.50 bits per heavy atom. The lowest BCUT2D eigenvalue weighted by atomic mass is 9.85. The van der Waals surface area contributed by atoms with Gasteiger partial charge in [0.25, 0.3) is 0 Å². The van der Waals surface area contributed by atoms with Crippen molar-refractivity contribution < 1.29 is 9.90 Å². The van der Waals surface area contributed by atoms with E-state index in [1.54, 1.807) is 0 Å². The molecule has 1 heterocycles. The summed E-state index contributed by atoms with van der Waals surface area (Å²) in [6, 6.07) is 0. The fraction of sp³-hybridized carbons (Fsp3) is 0.923. The highest BCUT2D eigenvalue weighted by Crippen LogP contribution is 2.36. The normalized spacial score (nSPS) is 25.2. The van der Waals surface area contributed by atoms with E-state index in [0.717, 1.165) is 19.5 Å². The zero-order valence-electron chi connectivity index (χ0n) is 11.0. The molecule has 0 amide bonds. The Balaban J connectivity index is 2.53. The van der Waals surface area contributed by atoms with Crippen LogP contribution in [0.1, 0.15) is 47.0 Å². The monoisotopic (exact) mass is 227 g/mol. The summed E-state index contributed by atoms with van der Waals surface area (Å²) < 4.78 is 0. The molecule has 3 heteroatoms. The van der Waals surface area contributed by atoms with E-state index in [4.69, 9.17) is 5.11 Å². The molecule has 0 aliphatic carbocycles. The zero-order valence-corrected chi connectivity index (χ0v) is 11.0. The van der Waals surface area contributed by atoms with E-state index in [2.05, 4.69) is 32.6 Å². The van der Waals surface area contributed by atoms with Crippen LogP contribution in [-0.4, -0.2) is 34.6 Å². The SMILES string of the molecule is CC(C)CCN1CCC(CC(=O)O)C1(C)C. The van der Waals surface area contributed by atoms with Crippen molar-refractivity contribution >= 4 is 5.97 Å². The molecular weight excluding hydrogens is 202 g/mol. The highest BCUT2D eigenvalue weighted by atomic mass is 16.4. The van der Waals surface area contributed by atoms with E-state index in [-0.39, 0.29) is 5.54 Å². The molecule has 0 spiro atoms. The van der Waals surface area contributed by atoms with Gasteiger partial charge in [-0.1, -0.05) is 13.8 Å². The van der Waals surface area contributed by atoms with Gasteiger partial charge in [0.05, 0.1) is 0 Å². The van der Waals surface area contributed by atoms with Gasteiger partial charge in [-0.05, 0) is 51.6 Å².